The molecule has 0 fully saturated rings. The minimum absolute atomic E-state index is 0.521. The van der Waals surface area contributed by atoms with E-state index in [2.05, 4.69) is 237 Å². The maximum absolute atomic E-state index is 5.40. The van der Waals surface area contributed by atoms with E-state index in [4.69, 9.17) is 9.97 Å². The van der Waals surface area contributed by atoms with Gasteiger partial charge in [-0.3, -0.25) is 0 Å². The van der Waals surface area contributed by atoms with Gasteiger partial charge < -0.3 is 0 Å². The zero-order valence-corrected chi connectivity index (χ0v) is 35.5. The molecular formula is C63H40N2. The van der Waals surface area contributed by atoms with Gasteiger partial charge >= 0.3 is 0 Å². The van der Waals surface area contributed by atoms with Crippen LogP contribution in [-0.2, 0) is 5.41 Å². The van der Waals surface area contributed by atoms with Crippen LogP contribution in [0.1, 0.15) is 22.3 Å². The van der Waals surface area contributed by atoms with Crippen LogP contribution in [0.25, 0.3) is 99.2 Å². The Bertz CT molecular complexity index is 3780. The smallest absolute Gasteiger partial charge is 0.160 e. The van der Waals surface area contributed by atoms with Crippen molar-refractivity contribution in [1.82, 2.24) is 9.97 Å². The normalized spacial score (nSPS) is 12.7. The summed E-state index contributed by atoms with van der Waals surface area (Å²) in [6.07, 6.45) is 0. The lowest BCUT2D eigenvalue weighted by Gasteiger charge is -2.34. The Morgan fingerprint density at radius 2 is 0.831 bits per heavy atom. The molecule has 0 atom stereocenters. The quantitative estimate of drug-likeness (QED) is 0.123. The molecule has 1 aromatic heterocycles. The van der Waals surface area contributed by atoms with E-state index in [-0.39, 0.29) is 0 Å². The Morgan fingerprint density at radius 3 is 1.58 bits per heavy atom. The summed E-state index contributed by atoms with van der Waals surface area (Å²) < 4.78 is 0. The summed E-state index contributed by atoms with van der Waals surface area (Å²) in [4.78, 5) is 10.8. The first-order valence-corrected chi connectivity index (χ1v) is 22.4. The SMILES string of the molecule is c1ccc(-c2nc(-c3ccc4c(c3)C(c3ccccc3)(c3ccccc3)c3ccccc3-4)cc(-c3ccc(-c4c5ccccc5cc5c4ccc4ccccc45)c4ccccc34)n2)cc1. The first-order chi connectivity index (χ1) is 32.2. The van der Waals surface area contributed by atoms with Crippen molar-refractivity contribution in [2.75, 3.05) is 0 Å². The first kappa shape index (κ1) is 37.1. The molecular weight excluding hydrogens is 785 g/mol. The molecule has 1 heterocycles. The van der Waals surface area contributed by atoms with Gasteiger partial charge in [0.2, 0.25) is 0 Å². The van der Waals surface area contributed by atoms with E-state index < -0.39 is 5.41 Å². The zero-order chi connectivity index (χ0) is 42.9. The third-order valence-electron chi connectivity index (χ3n) is 13.8. The van der Waals surface area contributed by atoms with E-state index in [9.17, 15) is 0 Å². The van der Waals surface area contributed by atoms with Crippen LogP contribution in [0, 0.1) is 0 Å². The van der Waals surface area contributed by atoms with Crippen LogP contribution < -0.4 is 0 Å². The van der Waals surface area contributed by atoms with E-state index in [1.54, 1.807) is 0 Å². The van der Waals surface area contributed by atoms with Gasteiger partial charge in [-0.05, 0) is 106 Å². The van der Waals surface area contributed by atoms with Gasteiger partial charge in [-0.2, -0.15) is 0 Å². The lowest BCUT2D eigenvalue weighted by molar-refractivity contribution is 0.768. The lowest BCUT2D eigenvalue weighted by Crippen LogP contribution is -2.28. The Kier molecular flexibility index (Phi) is 8.47. The fourth-order valence-corrected chi connectivity index (χ4v) is 10.9. The highest BCUT2D eigenvalue weighted by molar-refractivity contribution is 6.23. The van der Waals surface area contributed by atoms with Crippen molar-refractivity contribution in [3.05, 3.63) is 265 Å². The van der Waals surface area contributed by atoms with E-state index in [0.717, 1.165) is 33.5 Å². The van der Waals surface area contributed by atoms with Gasteiger partial charge in [0.25, 0.3) is 0 Å². The molecule has 2 heteroatoms. The minimum Gasteiger partial charge on any atom is -0.228 e. The minimum atomic E-state index is -0.521. The average Bonchev–Trinajstić information content (AvgIpc) is 3.68. The van der Waals surface area contributed by atoms with Crippen LogP contribution in [0.5, 0.6) is 0 Å². The third-order valence-corrected chi connectivity index (χ3v) is 13.8. The maximum atomic E-state index is 5.40. The van der Waals surface area contributed by atoms with Crippen molar-refractivity contribution in [1.29, 1.82) is 0 Å². The summed E-state index contributed by atoms with van der Waals surface area (Å²) in [7, 11) is 0. The molecule has 1 aliphatic rings. The topological polar surface area (TPSA) is 25.8 Å². The number of nitrogens with zero attached hydrogens (tertiary/aromatic N) is 2. The second-order valence-electron chi connectivity index (χ2n) is 17.2. The number of aromatic nitrogens is 2. The van der Waals surface area contributed by atoms with Crippen molar-refractivity contribution >= 4 is 43.1 Å². The number of hydrogen-bond acceptors (Lipinski definition) is 2. The van der Waals surface area contributed by atoms with Crippen LogP contribution in [0.2, 0.25) is 0 Å². The van der Waals surface area contributed by atoms with E-state index >= 15 is 0 Å². The van der Waals surface area contributed by atoms with Gasteiger partial charge in [0, 0.05) is 16.7 Å². The van der Waals surface area contributed by atoms with Gasteiger partial charge in [0.1, 0.15) is 0 Å². The zero-order valence-electron chi connectivity index (χ0n) is 35.5. The highest BCUT2D eigenvalue weighted by Gasteiger charge is 2.46. The summed E-state index contributed by atoms with van der Waals surface area (Å²) in [5, 5.41) is 9.82. The van der Waals surface area contributed by atoms with Gasteiger partial charge in [-0.25, -0.2) is 9.97 Å². The van der Waals surface area contributed by atoms with Crippen molar-refractivity contribution in [3.63, 3.8) is 0 Å². The van der Waals surface area contributed by atoms with E-state index in [1.165, 1.54) is 82.2 Å². The van der Waals surface area contributed by atoms with Gasteiger partial charge in [-0.1, -0.05) is 224 Å². The molecule has 0 saturated carbocycles. The number of hydrogen-bond donors (Lipinski definition) is 0. The molecule has 302 valence electrons. The van der Waals surface area contributed by atoms with Crippen molar-refractivity contribution in [3.8, 4) is 56.2 Å². The van der Waals surface area contributed by atoms with Gasteiger partial charge in [-0.15, -0.1) is 0 Å². The van der Waals surface area contributed by atoms with Gasteiger partial charge in [0.05, 0.1) is 16.8 Å². The molecule has 12 aromatic rings. The highest BCUT2D eigenvalue weighted by atomic mass is 14.9. The highest BCUT2D eigenvalue weighted by Crippen LogP contribution is 2.57. The van der Waals surface area contributed by atoms with E-state index in [0.29, 0.717) is 5.82 Å². The van der Waals surface area contributed by atoms with Crippen LogP contribution in [0.4, 0.5) is 0 Å². The monoisotopic (exact) mass is 824 g/mol. The summed E-state index contributed by atoms with van der Waals surface area (Å²) in [6, 6.07) is 88.3. The fourth-order valence-electron chi connectivity index (χ4n) is 10.9. The number of benzene rings is 11. The van der Waals surface area contributed by atoms with Crippen LogP contribution in [-0.4, -0.2) is 9.97 Å². The molecule has 2 nitrogen and oxygen atoms in total. The summed E-state index contributed by atoms with van der Waals surface area (Å²) in [6.45, 7) is 0. The molecule has 0 amide bonds. The summed E-state index contributed by atoms with van der Waals surface area (Å²) in [5.41, 5.74) is 14.3. The molecule has 0 N–H and O–H groups in total. The average molecular weight is 825 g/mol. The maximum Gasteiger partial charge on any atom is 0.160 e. The molecule has 0 unspecified atom stereocenters. The largest absolute Gasteiger partial charge is 0.228 e. The van der Waals surface area contributed by atoms with Crippen LogP contribution in [0.15, 0.2) is 243 Å². The fraction of sp³-hybridized carbons (Fsp3) is 0.0159. The second kappa shape index (κ2) is 14.8. The number of rotatable bonds is 6. The molecule has 0 bridgehead atoms. The van der Waals surface area contributed by atoms with Crippen LogP contribution >= 0.6 is 0 Å². The molecule has 13 rings (SSSR count). The Labute approximate surface area is 377 Å². The number of fused-ring (bicyclic) bond motifs is 8. The molecule has 11 aromatic carbocycles. The summed E-state index contributed by atoms with van der Waals surface area (Å²) >= 11 is 0. The van der Waals surface area contributed by atoms with E-state index in [1.807, 2.05) is 6.07 Å². The molecule has 0 radical (unpaired) electrons. The molecule has 1 aliphatic carbocycles. The van der Waals surface area contributed by atoms with Gasteiger partial charge in [0.15, 0.2) is 5.82 Å². The third kappa shape index (κ3) is 5.74. The molecule has 0 spiro atoms. The summed E-state index contributed by atoms with van der Waals surface area (Å²) in [5.74, 6) is 0.694. The Hall–Kier alpha value is -8.46. The molecule has 0 aliphatic heterocycles. The first-order valence-electron chi connectivity index (χ1n) is 22.4. The van der Waals surface area contributed by atoms with Crippen molar-refractivity contribution in [2.45, 2.75) is 5.41 Å². The Morgan fingerprint density at radius 1 is 0.277 bits per heavy atom. The molecule has 65 heavy (non-hydrogen) atoms. The molecule has 0 saturated heterocycles. The van der Waals surface area contributed by atoms with Crippen LogP contribution in [0.3, 0.4) is 0 Å². The van der Waals surface area contributed by atoms with Crippen molar-refractivity contribution in [2.24, 2.45) is 0 Å². The predicted octanol–water partition coefficient (Wildman–Crippen LogP) is 16.1. The van der Waals surface area contributed by atoms with Crippen molar-refractivity contribution < 1.29 is 0 Å². The predicted molar refractivity (Wildman–Crippen MR) is 271 cm³/mol. The standard InChI is InChI=1S/C63H40N2/c1-4-19-42(20-5-1)62-64-59(44-33-34-52-51-30-16-17-31-57(51)63(58(52)39-44,45-22-6-2-7-23-45)46-24-8-3-9-25-46)40-60(65-62)53-36-37-54(50-29-15-14-28-49(50)53)61-48-27-13-11-21-43(48)38-56-47-26-12-10-18-41(47)32-35-55(56)61/h1-40H. The lowest BCUT2D eigenvalue weighted by atomic mass is 9.67. The Balaban J connectivity index is 1.04. The second-order valence-corrected chi connectivity index (χ2v) is 17.2.